The van der Waals surface area contributed by atoms with Gasteiger partial charge in [-0.1, -0.05) is 19.3 Å². The number of aromatic nitrogens is 2. The largest absolute Gasteiger partial charge is 0.493 e. The third-order valence-electron chi connectivity index (χ3n) is 6.10. The molecule has 158 valence electrons. The van der Waals surface area contributed by atoms with Crippen LogP contribution in [0.1, 0.15) is 50.8 Å². The molecule has 2 aliphatic rings. The maximum Gasteiger partial charge on any atom is 0.258 e. The second-order valence-electron chi connectivity index (χ2n) is 8.11. The molecule has 0 bridgehead atoms. The normalized spacial score (nSPS) is 19.5. The summed E-state index contributed by atoms with van der Waals surface area (Å²) in [7, 11) is 3.14. The Morgan fingerprint density at radius 2 is 1.66 bits per heavy atom. The van der Waals surface area contributed by atoms with Crippen molar-refractivity contribution in [1.82, 2.24) is 14.9 Å². The van der Waals surface area contributed by atoms with Gasteiger partial charge in [0.25, 0.3) is 5.56 Å². The Bertz CT molecular complexity index is 883. The molecule has 2 fully saturated rings. The quantitative estimate of drug-likeness (QED) is 0.801. The summed E-state index contributed by atoms with van der Waals surface area (Å²) in [5, 5.41) is 0.506. The number of piperidine rings is 1. The van der Waals surface area contributed by atoms with Gasteiger partial charge in [-0.25, -0.2) is 4.98 Å². The van der Waals surface area contributed by atoms with Crippen LogP contribution in [0.3, 0.4) is 0 Å². The monoisotopic (exact) mass is 401 g/mol. The van der Waals surface area contributed by atoms with E-state index < -0.39 is 0 Å². The molecule has 0 atom stereocenters. The number of nitrogens with one attached hydrogen (secondary N) is 1. The predicted molar refractivity (Wildman–Crippen MR) is 112 cm³/mol. The summed E-state index contributed by atoms with van der Waals surface area (Å²) < 4.78 is 17.0. The molecule has 1 aliphatic carbocycles. The highest BCUT2D eigenvalue weighted by Gasteiger charge is 2.24. The van der Waals surface area contributed by atoms with Gasteiger partial charge in [-0.2, -0.15) is 0 Å². The van der Waals surface area contributed by atoms with Gasteiger partial charge >= 0.3 is 0 Å². The number of likely N-dealkylation sites (tertiary alicyclic amines) is 1. The second-order valence-corrected chi connectivity index (χ2v) is 8.11. The highest BCUT2D eigenvalue weighted by atomic mass is 16.5. The van der Waals surface area contributed by atoms with Gasteiger partial charge in [0.1, 0.15) is 5.82 Å². The minimum absolute atomic E-state index is 0.151. The van der Waals surface area contributed by atoms with Crippen molar-refractivity contribution in [3.8, 4) is 11.5 Å². The third kappa shape index (κ3) is 4.73. The zero-order chi connectivity index (χ0) is 20.2. The summed E-state index contributed by atoms with van der Waals surface area (Å²) >= 11 is 0. The minimum atomic E-state index is -0.151. The van der Waals surface area contributed by atoms with Crippen molar-refractivity contribution in [1.29, 1.82) is 0 Å². The van der Waals surface area contributed by atoms with Crippen LogP contribution in [-0.4, -0.2) is 54.4 Å². The molecule has 1 N–H and O–H groups in total. The summed E-state index contributed by atoms with van der Waals surface area (Å²) in [4.78, 5) is 22.5. The predicted octanol–water partition coefficient (Wildman–Crippen LogP) is 3.25. The number of hydrogen-bond donors (Lipinski definition) is 1. The van der Waals surface area contributed by atoms with Crippen LogP contribution in [0.5, 0.6) is 11.5 Å². The Morgan fingerprint density at radius 1 is 1.00 bits per heavy atom. The summed E-state index contributed by atoms with van der Waals surface area (Å²) in [6, 6.07) is 3.44. The lowest BCUT2D eigenvalue weighted by atomic mass is 9.97. The molecule has 1 aromatic carbocycles. The Hall–Kier alpha value is -2.12. The van der Waals surface area contributed by atoms with E-state index in [-0.39, 0.29) is 5.56 Å². The van der Waals surface area contributed by atoms with Gasteiger partial charge in [0.15, 0.2) is 11.5 Å². The summed E-state index contributed by atoms with van der Waals surface area (Å²) in [5.74, 6) is 1.78. The van der Waals surface area contributed by atoms with Gasteiger partial charge in [0.05, 0.1) is 43.9 Å². The average Bonchev–Trinajstić information content (AvgIpc) is 2.75. The number of H-pyrrole nitrogens is 1. The molecule has 2 aromatic rings. The van der Waals surface area contributed by atoms with Gasteiger partial charge in [-0.05, 0) is 31.7 Å². The number of rotatable bonds is 6. The lowest BCUT2D eigenvalue weighted by Gasteiger charge is -2.34. The molecule has 1 aromatic heterocycles. The van der Waals surface area contributed by atoms with E-state index in [2.05, 4.69) is 14.9 Å². The molecule has 0 spiro atoms. The number of benzene rings is 1. The fraction of sp³-hybridized carbons (Fsp3) is 0.636. The van der Waals surface area contributed by atoms with E-state index in [1.807, 2.05) is 0 Å². The van der Waals surface area contributed by atoms with E-state index >= 15 is 0 Å². The summed E-state index contributed by atoms with van der Waals surface area (Å²) in [6.45, 7) is 2.56. The number of hydrogen-bond acceptors (Lipinski definition) is 6. The lowest BCUT2D eigenvalue weighted by Crippen LogP contribution is -2.39. The molecule has 7 heteroatoms. The summed E-state index contributed by atoms with van der Waals surface area (Å²) in [6.07, 6.45) is 9.32. The van der Waals surface area contributed by atoms with E-state index in [0.717, 1.165) is 25.9 Å². The molecule has 4 rings (SSSR count). The summed E-state index contributed by atoms with van der Waals surface area (Å²) in [5.41, 5.74) is 0.471. The SMILES string of the molecule is COc1cc2nc(CN3CCC(OC4CCCCC4)CC3)[nH]c(=O)c2cc1OC. The highest BCUT2D eigenvalue weighted by Crippen LogP contribution is 2.30. The Balaban J connectivity index is 1.40. The van der Waals surface area contributed by atoms with Crippen LogP contribution in [0.25, 0.3) is 10.9 Å². The minimum Gasteiger partial charge on any atom is -0.493 e. The number of nitrogens with zero attached hydrogens (tertiary/aromatic N) is 2. The third-order valence-corrected chi connectivity index (χ3v) is 6.10. The highest BCUT2D eigenvalue weighted by molar-refractivity contribution is 5.81. The first-order valence-electron chi connectivity index (χ1n) is 10.7. The first-order valence-corrected chi connectivity index (χ1v) is 10.7. The standard InChI is InChI=1S/C22H31N3O4/c1-27-19-12-17-18(13-20(19)28-2)23-21(24-22(17)26)14-25-10-8-16(9-11-25)29-15-6-4-3-5-7-15/h12-13,15-16H,3-11,14H2,1-2H3,(H,23,24,26). The molecule has 7 nitrogen and oxygen atoms in total. The molecule has 29 heavy (non-hydrogen) atoms. The topological polar surface area (TPSA) is 76.7 Å². The number of aromatic amines is 1. The fourth-order valence-corrected chi connectivity index (χ4v) is 4.48. The second kappa shape index (κ2) is 9.13. The van der Waals surface area contributed by atoms with Crippen LogP contribution >= 0.6 is 0 Å². The first-order chi connectivity index (χ1) is 14.2. The van der Waals surface area contributed by atoms with E-state index in [1.54, 1.807) is 26.4 Å². The van der Waals surface area contributed by atoms with Crippen LogP contribution < -0.4 is 15.0 Å². The zero-order valence-corrected chi connectivity index (χ0v) is 17.4. The van der Waals surface area contributed by atoms with Gasteiger partial charge in [-0.15, -0.1) is 0 Å². The maximum atomic E-state index is 12.6. The molecular formula is C22H31N3O4. The van der Waals surface area contributed by atoms with Crippen molar-refractivity contribution < 1.29 is 14.2 Å². The Kier molecular flexibility index (Phi) is 6.35. The number of methoxy groups -OCH3 is 2. The van der Waals surface area contributed by atoms with Crippen molar-refractivity contribution in [3.05, 3.63) is 28.3 Å². The van der Waals surface area contributed by atoms with Crippen LogP contribution in [0, 0.1) is 0 Å². The number of fused-ring (bicyclic) bond motifs is 1. The van der Waals surface area contributed by atoms with E-state index in [0.29, 0.717) is 47.0 Å². The van der Waals surface area contributed by atoms with Gasteiger partial charge in [0.2, 0.25) is 0 Å². The molecule has 0 amide bonds. The Morgan fingerprint density at radius 3 is 2.34 bits per heavy atom. The van der Waals surface area contributed by atoms with Crippen molar-refractivity contribution in [2.24, 2.45) is 0 Å². The molecule has 1 saturated heterocycles. The van der Waals surface area contributed by atoms with Gasteiger partial charge < -0.3 is 19.2 Å². The lowest BCUT2D eigenvalue weighted by molar-refractivity contribution is -0.0567. The fourth-order valence-electron chi connectivity index (χ4n) is 4.48. The van der Waals surface area contributed by atoms with Gasteiger partial charge in [0, 0.05) is 19.2 Å². The van der Waals surface area contributed by atoms with Gasteiger partial charge in [-0.3, -0.25) is 9.69 Å². The number of ether oxygens (including phenoxy) is 3. The van der Waals surface area contributed by atoms with Crippen molar-refractivity contribution in [2.75, 3.05) is 27.3 Å². The Labute approximate surface area is 171 Å². The molecule has 0 radical (unpaired) electrons. The molecule has 0 unspecified atom stereocenters. The van der Waals surface area contributed by atoms with Crippen LogP contribution in [0.4, 0.5) is 0 Å². The molecule has 1 aliphatic heterocycles. The molecule has 1 saturated carbocycles. The average molecular weight is 402 g/mol. The van der Waals surface area contributed by atoms with Crippen LogP contribution in [0.2, 0.25) is 0 Å². The van der Waals surface area contributed by atoms with E-state index in [4.69, 9.17) is 14.2 Å². The van der Waals surface area contributed by atoms with Crippen molar-refractivity contribution in [3.63, 3.8) is 0 Å². The maximum absolute atomic E-state index is 12.6. The van der Waals surface area contributed by atoms with Crippen molar-refractivity contribution >= 4 is 10.9 Å². The van der Waals surface area contributed by atoms with E-state index in [9.17, 15) is 4.79 Å². The van der Waals surface area contributed by atoms with E-state index in [1.165, 1.54) is 32.1 Å². The zero-order valence-electron chi connectivity index (χ0n) is 17.4. The smallest absolute Gasteiger partial charge is 0.258 e. The first kappa shape index (κ1) is 20.2. The van der Waals surface area contributed by atoms with Crippen molar-refractivity contribution in [2.45, 2.75) is 63.7 Å². The molecular weight excluding hydrogens is 370 g/mol. The van der Waals surface area contributed by atoms with Crippen LogP contribution in [0.15, 0.2) is 16.9 Å². The van der Waals surface area contributed by atoms with Crippen LogP contribution in [-0.2, 0) is 11.3 Å². The molecule has 2 heterocycles.